The van der Waals surface area contributed by atoms with Gasteiger partial charge in [-0.05, 0) is 43.5 Å². The molecular weight excluding hydrogens is 368 g/mol. The van der Waals surface area contributed by atoms with Gasteiger partial charge in [-0.15, -0.1) is 0 Å². The Morgan fingerprint density at radius 2 is 1.79 bits per heavy atom. The maximum absolute atomic E-state index is 14.6. The van der Waals surface area contributed by atoms with E-state index in [1.807, 2.05) is 6.92 Å². The van der Waals surface area contributed by atoms with Gasteiger partial charge in [0.1, 0.15) is 23.1 Å². The Morgan fingerprint density at radius 3 is 2.43 bits per heavy atom. The lowest BCUT2D eigenvalue weighted by atomic mass is 9.95. The molecule has 3 rings (SSSR count). The first kappa shape index (κ1) is 19.8. The molecule has 0 saturated heterocycles. The van der Waals surface area contributed by atoms with E-state index in [2.05, 4.69) is 5.32 Å². The number of amides is 1. The quantitative estimate of drug-likeness (QED) is 0.764. The van der Waals surface area contributed by atoms with E-state index < -0.39 is 41.0 Å². The van der Waals surface area contributed by atoms with Gasteiger partial charge in [0, 0.05) is 5.56 Å². The van der Waals surface area contributed by atoms with Crippen molar-refractivity contribution in [2.45, 2.75) is 26.2 Å². The average Bonchev–Trinajstić information content (AvgIpc) is 3.15. The highest BCUT2D eigenvalue weighted by Gasteiger charge is 2.38. The lowest BCUT2D eigenvalue weighted by molar-refractivity contribution is -0.145. The summed E-state index contributed by atoms with van der Waals surface area (Å²) in [7, 11) is 0. The predicted octanol–water partition coefficient (Wildman–Crippen LogP) is 4.47. The third-order valence-electron chi connectivity index (χ3n) is 4.96. The molecule has 148 valence electrons. The molecule has 1 aliphatic carbocycles. The zero-order valence-corrected chi connectivity index (χ0v) is 15.4. The Bertz CT molecular complexity index is 877. The number of rotatable bonds is 6. The van der Waals surface area contributed by atoms with Crippen LogP contribution in [0, 0.1) is 23.5 Å². The van der Waals surface area contributed by atoms with Gasteiger partial charge >= 0.3 is 5.97 Å². The van der Waals surface area contributed by atoms with Crippen LogP contribution in [0.4, 0.5) is 14.5 Å². The summed E-state index contributed by atoms with van der Waals surface area (Å²) >= 11 is 0. The molecule has 1 saturated carbocycles. The SMILES string of the molecule is CCOc1ccccc1-c1cc(F)c(NC(=O)C2CCCC2C(=O)O)c(F)c1. The van der Waals surface area contributed by atoms with Crippen LogP contribution in [0.1, 0.15) is 26.2 Å². The molecule has 5 nitrogen and oxygen atoms in total. The maximum atomic E-state index is 14.6. The largest absolute Gasteiger partial charge is 0.493 e. The number of carbonyl (C=O) groups excluding carboxylic acids is 1. The fraction of sp³-hybridized carbons (Fsp3) is 0.333. The molecule has 2 unspecified atom stereocenters. The summed E-state index contributed by atoms with van der Waals surface area (Å²) < 4.78 is 34.7. The number of carboxylic acid groups (broad SMARTS) is 1. The number of halogens is 2. The van der Waals surface area contributed by atoms with E-state index in [0.29, 0.717) is 37.2 Å². The Balaban J connectivity index is 1.87. The highest BCUT2D eigenvalue weighted by molar-refractivity contribution is 5.96. The number of ether oxygens (including phenoxy) is 1. The highest BCUT2D eigenvalue weighted by atomic mass is 19.1. The summed E-state index contributed by atoms with van der Waals surface area (Å²) in [5, 5.41) is 11.4. The molecule has 1 aliphatic rings. The number of anilines is 1. The van der Waals surface area contributed by atoms with Gasteiger partial charge in [0.25, 0.3) is 0 Å². The molecule has 7 heteroatoms. The van der Waals surface area contributed by atoms with Crippen molar-refractivity contribution in [1.82, 2.24) is 0 Å². The third-order valence-corrected chi connectivity index (χ3v) is 4.96. The van der Waals surface area contributed by atoms with Crippen molar-refractivity contribution in [1.29, 1.82) is 0 Å². The molecule has 2 atom stereocenters. The summed E-state index contributed by atoms with van der Waals surface area (Å²) in [6.07, 6.45) is 1.35. The number of nitrogens with one attached hydrogen (secondary N) is 1. The van der Waals surface area contributed by atoms with Crippen LogP contribution in [0.2, 0.25) is 0 Å². The van der Waals surface area contributed by atoms with E-state index in [-0.39, 0.29) is 5.56 Å². The molecule has 0 spiro atoms. The van der Waals surface area contributed by atoms with Crippen LogP contribution in [-0.2, 0) is 9.59 Å². The van der Waals surface area contributed by atoms with Crippen LogP contribution in [0.5, 0.6) is 5.75 Å². The zero-order chi connectivity index (χ0) is 20.3. The number of hydrogen-bond donors (Lipinski definition) is 2. The lowest BCUT2D eigenvalue weighted by Gasteiger charge is -2.17. The van der Waals surface area contributed by atoms with E-state index >= 15 is 0 Å². The van der Waals surface area contributed by atoms with Crippen molar-refractivity contribution in [2.75, 3.05) is 11.9 Å². The smallest absolute Gasteiger partial charge is 0.307 e. The fourth-order valence-electron chi connectivity index (χ4n) is 3.62. The molecule has 0 aromatic heterocycles. The van der Waals surface area contributed by atoms with Crippen molar-refractivity contribution in [3.05, 3.63) is 48.0 Å². The summed E-state index contributed by atoms with van der Waals surface area (Å²) in [6, 6.07) is 9.13. The Morgan fingerprint density at radius 1 is 1.14 bits per heavy atom. The lowest BCUT2D eigenvalue weighted by Crippen LogP contribution is -2.30. The van der Waals surface area contributed by atoms with Gasteiger partial charge in [-0.1, -0.05) is 24.6 Å². The summed E-state index contributed by atoms with van der Waals surface area (Å²) in [5.74, 6) is -4.74. The minimum absolute atomic E-state index is 0.279. The third kappa shape index (κ3) is 3.98. The molecule has 0 bridgehead atoms. The van der Waals surface area contributed by atoms with Crippen molar-refractivity contribution in [2.24, 2.45) is 11.8 Å². The van der Waals surface area contributed by atoms with Gasteiger partial charge in [-0.25, -0.2) is 8.78 Å². The summed E-state index contributed by atoms with van der Waals surface area (Å²) in [5.41, 5.74) is 0.238. The Kier molecular flexibility index (Phi) is 5.92. The molecule has 2 N–H and O–H groups in total. The van der Waals surface area contributed by atoms with E-state index in [0.717, 1.165) is 12.1 Å². The summed E-state index contributed by atoms with van der Waals surface area (Å²) in [6.45, 7) is 2.21. The van der Waals surface area contributed by atoms with Gasteiger partial charge < -0.3 is 15.2 Å². The zero-order valence-electron chi connectivity index (χ0n) is 15.4. The fourth-order valence-corrected chi connectivity index (χ4v) is 3.62. The number of carboxylic acids is 1. The van der Waals surface area contributed by atoms with E-state index in [9.17, 15) is 23.5 Å². The normalized spacial score (nSPS) is 18.7. The van der Waals surface area contributed by atoms with Crippen LogP contribution < -0.4 is 10.1 Å². The minimum Gasteiger partial charge on any atom is -0.493 e. The second-order valence-corrected chi connectivity index (χ2v) is 6.72. The second kappa shape index (κ2) is 8.37. The number of aliphatic carboxylic acids is 1. The van der Waals surface area contributed by atoms with Crippen molar-refractivity contribution in [3.8, 4) is 16.9 Å². The molecule has 0 heterocycles. The van der Waals surface area contributed by atoms with Crippen LogP contribution in [0.15, 0.2) is 36.4 Å². The highest BCUT2D eigenvalue weighted by Crippen LogP contribution is 2.36. The van der Waals surface area contributed by atoms with Crippen molar-refractivity contribution in [3.63, 3.8) is 0 Å². The minimum atomic E-state index is -1.07. The Hall–Kier alpha value is -2.96. The van der Waals surface area contributed by atoms with Gasteiger partial charge in [0.2, 0.25) is 5.91 Å². The molecule has 1 amide bonds. The molecule has 2 aromatic carbocycles. The van der Waals surface area contributed by atoms with E-state index in [1.165, 1.54) is 0 Å². The number of hydrogen-bond acceptors (Lipinski definition) is 3. The Labute approximate surface area is 161 Å². The van der Waals surface area contributed by atoms with Crippen LogP contribution in [-0.4, -0.2) is 23.6 Å². The monoisotopic (exact) mass is 389 g/mol. The average molecular weight is 389 g/mol. The second-order valence-electron chi connectivity index (χ2n) is 6.72. The predicted molar refractivity (Wildman–Crippen MR) is 100 cm³/mol. The van der Waals surface area contributed by atoms with Gasteiger partial charge in [0.15, 0.2) is 0 Å². The molecular formula is C21H21F2NO4. The summed E-state index contributed by atoms with van der Waals surface area (Å²) in [4.78, 5) is 23.6. The van der Waals surface area contributed by atoms with Crippen LogP contribution >= 0.6 is 0 Å². The topological polar surface area (TPSA) is 75.6 Å². The van der Waals surface area contributed by atoms with Crippen molar-refractivity contribution >= 4 is 17.6 Å². The first-order valence-corrected chi connectivity index (χ1v) is 9.17. The van der Waals surface area contributed by atoms with Gasteiger partial charge in [-0.2, -0.15) is 0 Å². The first-order chi connectivity index (χ1) is 13.4. The van der Waals surface area contributed by atoms with Crippen molar-refractivity contribution < 1.29 is 28.2 Å². The molecule has 2 aromatic rings. The number of carbonyl (C=O) groups is 2. The van der Waals surface area contributed by atoms with E-state index in [1.54, 1.807) is 24.3 Å². The molecule has 0 radical (unpaired) electrons. The van der Waals surface area contributed by atoms with E-state index in [4.69, 9.17) is 4.74 Å². The molecule has 0 aliphatic heterocycles. The molecule has 1 fully saturated rings. The standard InChI is InChI=1S/C21H21F2NO4/c1-2-28-18-9-4-3-6-13(18)12-10-16(22)19(17(23)11-12)24-20(25)14-7-5-8-15(14)21(26)27/h3-4,6,9-11,14-15H,2,5,7-8H2,1H3,(H,24,25)(H,26,27). The molecule has 28 heavy (non-hydrogen) atoms. The van der Waals surface area contributed by atoms with Crippen LogP contribution in [0.25, 0.3) is 11.1 Å². The van der Waals surface area contributed by atoms with Crippen LogP contribution in [0.3, 0.4) is 0 Å². The number of para-hydroxylation sites is 1. The number of benzene rings is 2. The maximum Gasteiger partial charge on any atom is 0.307 e. The first-order valence-electron chi connectivity index (χ1n) is 9.17. The van der Waals surface area contributed by atoms with Gasteiger partial charge in [0.05, 0.1) is 18.4 Å². The van der Waals surface area contributed by atoms with Gasteiger partial charge in [-0.3, -0.25) is 9.59 Å².